The third kappa shape index (κ3) is 8.54. The molecule has 50 heavy (non-hydrogen) atoms. The molecule has 0 radical (unpaired) electrons. The Morgan fingerprint density at radius 1 is 0.560 bits per heavy atom. The fraction of sp³-hybridized carbons (Fsp3) is 0.383. The Bertz CT molecular complexity index is 1670. The van der Waals surface area contributed by atoms with Crippen LogP contribution in [0.15, 0.2) is 96.1 Å². The molecule has 0 heterocycles. The van der Waals surface area contributed by atoms with Gasteiger partial charge in [-0.1, -0.05) is 189 Å². The second-order valence-electron chi connectivity index (χ2n) is 16.7. The van der Waals surface area contributed by atoms with Gasteiger partial charge in [-0.2, -0.15) is 6.42 Å². The molecular weight excluding hydrogens is 814 g/mol. The summed E-state index contributed by atoms with van der Waals surface area (Å²) in [5, 5.41) is 0. The zero-order chi connectivity index (χ0) is 33.7. The van der Waals surface area contributed by atoms with Crippen molar-refractivity contribution >= 4 is 12.2 Å². The summed E-state index contributed by atoms with van der Waals surface area (Å²) in [5.74, 6) is 1.86. The molecule has 0 aromatic heterocycles. The summed E-state index contributed by atoms with van der Waals surface area (Å²) in [7, 11) is 0. The molecule has 0 fully saturated rings. The second-order valence-corrected chi connectivity index (χ2v) is 16.7. The van der Waals surface area contributed by atoms with Gasteiger partial charge in [-0.15, -0.1) is 5.92 Å². The van der Waals surface area contributed by atoms with Crippen LogP contribution in [0, 0.1) is 17.3 Å². The largest absolute Gasteiger partial charge is 1.00 e. The van der Waals surface area contributed by atoms with Crippen molar-refractivity contribution in [2.45, 2.75) is 106 Å². The van der Waals surface area contributed by atoms with E-state index in [9.17, 15) is 0 Å². The number of hydrogen-bond donors (Lipinski definition) is 0. The quantitative estimate of drug-likeness (QED) is 0.125. The molecule has 264 valence electrons. The smallest absolute Gasteiger partial charge is 0.00387 e. The van der Waals surface area contributed by atoms with Gasteiger partial charge in [0, 0.05) is 31.8 Å². The molecule has 0 nitrogen and oxygen atoms in total. The molecule has 3 heteroatoms. The topological polar surface area (TPSA) is 0 Å². The van der Waals surface area contributed by atoms with Gasteiger partial charge in [0.15, 0.2) is 0 Å². The van der Waals surface area contributed by atoms with Crippen LogP contribution < -0.4 is 24.8 Å². The first-order valence-electron chi connectivity index (χ1n) is 18.0. The van der Waals surface area contributed by atoms with Crippen LogP contribution in [-0.4, -0.2) is 0 Å². The van der Waals surface area contributed by atoms with Crippen molar-refractivity contribution in [2.24, 2.45) is 10.8 Å². The number of rotatable bonds is 8. The molecule has 4 aromatic rings. The van der Waals surface area contributed by atoms with Crippen LogP contribution in [0.4, 0.5) is 0 Å². The molecule has 0 amide bonds. The minimum absolute atomic E-state index is 0. The molecule has 4 aromatic carbocycles. The summed E-state index contributed by atoms with van der Waals surface area (Å²) in [6.45, 7) is 23.4. The van der Waals surface area contributed by atoms with Crippen LogP contribution in [0.25, 0.3) is 34.4 Å². The Kier molecular flexibility index (Phi) is 14.1. The van der Waals surface area contributed by atoms with Gasteiger partial charge in [-0.3, -0.25) is 0 Å². The molecule has 0 saturated carbocycles. The van der Waals surface area contributed by atoms with Gasteiger partial charge in [-0.25, -0.2) is 0 Å². The first-order valence-corrected chi connectivity index (χ1v) is 18.0. The summed E-state index contributed by atoms with van der Waals surface area (Å²) in [4.78, 5) is 0. The minimum Gasteiger partial charge on any atom is -1.00 e. The van der Waals surface area contributed by atoms with Gasteiger partial charge in [0.05, 0.1) is 0 Å². The molecule has 0 bridgehead atoms. The van der Waals surface area contributed by atoms with E-state index in [4.69, 9.17) is 0 Å². The van der Waals surface area contributed by atoms with E-state index in [-0.39, 0.29) is 61.5 Å². The number of fused-ring (bicyclic) bond motifs is 2. The van der Waals surface area contributed by atoms with Crippen molar-refractivity contribution in [3.63, 3.8) is 0 Å². The van der Waals surface area contributed by atoms with Crippen molar-refractivity contribution in [1.82, 2.24) is 0 Å². The van der Waals surface area contributed by atoms with Gasteiger partial charge < -0.3 is 31.2 Å². The molecule has 2 unspecified atom stereocenters. The Hall–Kier alpha value is -2.19. The third-order valence-corrected chi connectivity index (χ3v) is 10.7. The minimum atomic E-state index is 0. The van der Waals surface area contributed by atoms with E-state index >= 15 is 0 Å². The predicted octanol–water partition coefficient (Wildman–Crippen LogP) is 8.01. The second kappa shape index (κ2) is 16.7. The maximum atomic E-state index is 2.64. The third-order valence-electron chi connectivity index (χ3n) is 10.7. The monoisotopic (exact) mass is 869 g/mol. The van der Waals surface area contributed by atoms with E-state index in [0.29, 0.717) is 23.7 Å². The number of allylic oxidation sites excluding steroid dienone is 2. The van der Waals surface area contributed by atoms with Crippen LogP contribution >= 0.6 is 0 Å². The molecule has 2 atom stereocenters. The molecule has 6 rings (SSSR count). The number of benzene rings is 4. The Labute approximate surface area is 335 Å². The van der Waals surface area contributed by atoms with Crippen LogP contribution in [0.5, 0.6) is 0 Å². The molecule has 2 aliphatic rings. The van der Waals surface area contributed by atoms with E-state index in [2.05, 4.69) is 173 Å². The zero-order valence-corrected chi connectivity index (χ0v) is 36.9. The first-order chi connectivity index (χ1) is 22.2. The van der Waals surface area contributed by atoms with Gasteiger partial charge in [0.25, 0.3) is 0 Å². The number of hydrogen-bond acceptors (Lipinski definition) is 0. The zero-order valence-electron chi connectivity index (χ0n) is 31.8. The van der Waals surface area contributed by atoms with E-state index < -0.39 is 0 Å². The Morgan fingerprint density at radius 3 is 1.42 bits per heavy atom. The summed E-state index contributed by atoms with van der Waals surface area (Å²) in [6.07, 6.45) is 9.90. The standard InChI is InChI=1S/C47H55.2ClH.Hf/c1-30(2)32-20-24-34(25-21-32)36-14-11-16-38-40(44(28-42(36)38)46(5,6)7)18-13-19-41-39-17-12-15-37(43(39)29-45(41)47(8,9)10)35-26-22-33(23-27-35)31(3)4;;;/h11-12,14-18,20-31,40-41H,13,19H2,1-10H3;2*1H;/q-1;;;/p-2. The van der Waals surface area contributed by atoms with Crippen molar-refractivity contribution in [3.05, 3.63) is 136 Å². The van der Waals surface area contributed by atoms with E-state index in [1.165, 1.54) is 61.2 Å². The van der Waals surface area contributed by atoms with Crippen molar-refractivity contribution in [3.8, 4) is 22.3 Å². The molecular formula is C47H55Cl2Hf-3. The van der Waals surface area contributed by atoms with Crippen LogP contribution in [0.1, 0.15) is 139 Å². The van der Waals surface area contributed by atoms with E-state index in [0.717, 1.165) is 12.8 Å². The summed E-state index contributed by atoms with van der Waals surface area (Å²) in [6, 6.07) is 32.4. The van der Waals surface area contributed by atoms with Gasteiger partial charge in [0.2, 0.25) is 0 Å². The first kappa shape index (κ1) is 42.2. The Morgan fingerprint density at radius 2 is 0.980 bits per heavy atom. The van der Waals surface area contributed by atoms with Gasteiger partial charge in [-0.05, 0) is 72.7 Å². The van der Waals surface area contributed by atoms with E-state index in [1.807, 2.05) is 0 Å². The van der Waals surface area contributed by atoms with Crippen molar-refractivity contribution in [2.75, 3.05) is 0 Å². The van der Waals surface area contributed by atoms with Crippen LogP contribution in [0.2, 0.25) is 0 Å². The van der Waals surface area contributed by atoms with E-state index in [1.54, 1.807) is 5.57 Å². The average Bonchev–Trinajstić information content (AvgIpc) is 3.60. The molecule has 0 spiro atoms. The molecule has 2 aliphatic carbocycles. The van der Waals surface area contributed by atoms with Gasteiger partial charge >= 0.3 is 0 Å². The SMILES string of the molecule is CC(C)c1ccc(-c2cccc3c2C=C(C(C)(C)C)C3[CH-]CCC2C(C(C)(C)C)=Cc3c(-c4ccc(C(C)C)cc4)cccc32)cc1.[Cl-].[Cl-].[Hf]. The van der Waals surface area contributed by atoms with Crippen molar-refractivity contribution in [1.29, 1.82) is 0 Å². The molecule has 0 aliphatic heterocycles. The average molecular weight is 869 g/mol. The van der Waals surface area contributed by atoms with Crippen LogP contribution in [-0.2, 0) is 25.8 Å². The predicted molar refractivity (Wildman–Crippen MR) is 206 cm³/mol. The maximum Gasteiger partial charge on any atom is 0.00387 e. The maximum absolute atomic E-state index is 2.64. The van der Waals surface area contributed by atoms with Gasteiger partial charge in [0.1, 0.15) is 0 Å². The van der Waals surface area contributed by atoms with Crippen LogP contribution in [0.3, 0.4) is 0 Å². The molecule has 0 saturated heterocycles. The fourth-order valence-electron chi connectivity index (χ4n) is 7.92. The number of halogens is 2. The summed E-state index contributed by atoms with van der Waals surface area (Å²) in [5.41, 5.74) is 17.2. The normalized spacial score (nSPS) is 16.6. The summed E-state index contributed by atoms with van der Waals surface area (Å²) >= 11 is 0. The fourth-order valence-corrected chi connectivity index (χ4v) is 7.92. The Balaban J connectivity index is 0.00000225. The summed E-state index contributed by atoms with van der Waals surface area (Å²) < 4.78 is 0. The van der Waals surface area contributed by atoms with Crippen molar-refractivity contribution < 1.29 is 50.7 Å². The molecule has 0 N–H and O–H groups in total.